The minimum atomic E-state index is 0.369. The van der Waals surface area contributed by atoms with Gasteiger partial charge in [-0.15, -0.1) is 0 Å². The number of fused-ring (bicyclic) bond motifs is 1. The molecule has 0 fully saturated rings. The van der Waals surface area contributed by atoms with E-state index < -0.39 is 0 Å². The van der Waals surface area contributed by atoms with Crippen LogP contribution in [-0.2, 0) is 19.5 Å². The van der Waals surface area contributed by atoms with Gasteiger partial charge in [0.2, 0.25) is 0 Å². The maximum Gasteiger partial charge on any atom is 0.122 e. The van der Waals surface area contributed by atoms with Crippen molar-refractivity contribution in [3.8, 4) is 5.75 Å². The van der Waals surface area contributed by atoms with E-state index in [9.17, 15) is 0 Å². The van der Waals surface area contributed by atoms with Crippen LogP contribution in [0.15, 0.2) is 30.5 Å². The first kappa shape index (κ1) is 14.1. The quantitative estimate of drug-likeness (QED) is 0.918. The summed E-state index contributed by atoms with van der Waals surface area (Å²) in [6.45, 7) is 6.83. The maximum atomic E-state index is 5.82. The number of para-hydroxylation sites is 1. The molecule has 4 nitrogen and oxygen atoms in total. The van der Waals surface area contributed by atoms with Crippen LogP contribution in [-0.4, -0.2) is 22.4 Å². The summed E-state index contributed by atoms with van der Waals surface area (Å²) < 4.78 is 7.86. The van der Waals surface area contributed by atoms with Crippen LogP contribution in [0.2, 0.25) is 0 Å². The van der Waals surface area contributed by atoms with E-state index in [1.54, 1.807) is 0 Å². The number of aryl methyl sites for hydroxylation is 2. The Labute approximate surface area is 126 Å². The molecule has 0 bridgehead atoms. The van der Waals surface area contributed by atoms with Crippen molar-refractivity contribution in [3.63, 3.8) is 0 Å². The third kappa shape index (κ3) is 3.27. The second kappa shape index (κ2) is 6.31. The van der Waals surface area contributed by atoms with Gasteiger partial charge in [-0.3, -0.25) is 4.68 Å². The Bertz CT molecular complexity index is 606. The summed E-state index contributed by atoms with van der Waals surface area (Å²) in [4.78, 5) is 0. The molecule has 21 heavy (non-hydrogen) atoms. The highest BCUT2D eigenvalue weighted by Gasteiger charge is 2.19. The molecule has 0 saturated heterocycles. The minimum Gasteiger partial charge on any atom is -0.492 e. The lowest BCUT2D eigenvalue weighted by Gasteiger charge is -2.26. The van der Waals surface area contributed by atoms with Crippen molar-refractivity contribution in [2.75, 3.05) is 6.61 Å². The predicted octanol–water partition coefficient (Wildman–Crippen LogP) is 2.69. The zero-order valence-corrected chi connectivity index (χ0v) is 12.8. The summed E-state index contributed by atoms with van der Waals surface area (Å²) >= 11 is 0. The molecule has 2 aromatic rings. The molecular formula is C17H23N3O. The highest BCUT2D eigenvalue weighted by Crippen LogP contribution is 2.24. The lowest BCUT2D eigenvalue weighted by Crippen LogP contribution is -2.38. The van der Waals surface area contributed by atoms with Gasteiger partial charge in [0.1, 0.15) is 12.4 Å². The van der Waals surface area contributed by atoms with Gasteiger partial charge in [-0.2, -0.15) is 5.10 Å². The number of benzene rings is 1. The average molecular weight is 285 g/mol. The Morgan fingerprint density at radius 3 is 3.10 bits per heavy atom. The van der Waals surface area contributed by atoms with Crippen LogP contribution in [0.1, 0.15) is 30.2 Å². The van der Waals surface area contributed by atoms with Crippen LogP contribution < -0.4 is 10.1 Å². The van der Waals surface area contributed by atoms with Gasteiger partial charge in [-0.05, 0) is 31.4 Å². The number of nitrogens with zero attached hydrogens (tertiary/aromatic N) is 2. The van der Waals surface area contributed by atoms with Gasteiger partial charge in [-0.1, -0.05) is 25.1 Å². The van der Waals surface area contributed by atoms with E-state index in [4.69, 9.17) is 4.74 Å². The SMILES string of the molecule is CCCn1cc(CN[C@@H]2COc3ccccc3C2)c(C)n1. The smallest absolute Gasteiger partial charge is 0.122 e. The van der Waals surface area contributed by atoms with Gasteiger partial charge in [0.05, 0.1) is 5.69 Å². The van der Waals surface area contributed by atoms with E-state index in [0.717, 1.165) is 44.0 Å². The summed E-state index contributed by atoms with van der Waals surface area (Å²) in [5, 5.41) is 8.14. The number of aromatic nitrogens is 2. The van der Waals surface area contributed by atoms with E-state index >= 15 is 0 Å². The molecule has 0 unspecified atom stereocenters. The van der Waals surface area contributed by atoms with E-state index in [1.165, 1.54) is 11.1 Å². The van der Waals surface area contributed by atoms with E-state index in [0.29, 0.717) is 6.04 Å². The van der Waals surface area contributed by atoms with Gasteiger partial charge in [-0.25, -0.2) is 0 Å². The normalized spacial score (nSPS) is 17.3. The third-order valence-corrected chi connectivity index (χ3v) is 3.96. The van der Waals surface area contributed by atoms with Gasteiger partial charge in [0.25, 0.3) is 0 Å². The number of hydrogen-bond donors (Lipinski definition) is 1. The molecule has 1 N–H and O–H groups in total. The standard InChI is InChI=1S/C17H23N3O/c1-3-8-20-11-15(13(2)19-20)10-18-16-9-14-6-4-5-7-17(14)21-12-16/h4-7,11,16,18H,3,8-10,12H2,1-2H3/t16-/m0/s1. The van der Waals surface area contributed by atoms with E-state index in [1.807, 2.05) is 16.8 Å². The first-order valence-electron chi connectivity index (χ1n) is 7.73. The molecule has 0 radical (unpaired) electrons. The van der Waals surface area contributed by atoms with Gasteiger partial charge >= 0.3 is 0 Å². The first-order valence-corrected chi connectivity index (χ1v) is 7.73. The summed E-state index contributed by atoms with van der Waals surface area (Å²) in [7, 11) is 0. The Morgan fingerprint density at radius 2 is 2.24 bits per heavy atom. The molecule has 1 aromatic carbocycles. The highest BCUT2D eigenvalue weighted by molar-refractivity contribution is 5.35. The molecule has 3 rings (SSSR count). The number of ether oxygens (including phenoxy) is 1. The van der Waals surface area contributed by atoms with Crippen molar-refractivity contribution in [2.45, 2.75) is 45.8 Å². The molecular weight excluding hydrogens is 262 g/mol. The summed E-state index contributed by atoms with van der Waals surface area (Å²) in [6.07, 6.45) is 4.29. The Hall–Kier alpha value is -1.81. The number of nitrogens with one attached hydrogen (secondary N) is 1. The molecule has 0 amide bonds. The van der Waals surface area contributed by atoms with Crippen LogP contribution in [0.5, 0.6) is 5.75 Å². The van der Waals surface area contributed by atoms with Crippen molar-refractivity contribution >= 4 is 0 Å². The second-order valence-corrected chi connectivity index (χ2v) is 5.70. The van der Waals surface area contributed by atoms with Gasteiger partial charge < -0.3 is 10.1 Å². The Morgan fingerprint density at radius 1 is 1.38 bits per heavy atom. The number of rotatable bonds is 5. The summed E-state index contributed by atoms with van der Waals surface area (Å²) in [6, 6.07) is 8.66. The molecule has 4 heteroatoms. The van der Waals surface area contributed by atoms with E-state index in [2.05, 4.69) is 42.6 Å². The molecule has 0 spiro atoms. The number of hydrogen-bond acceptors (Lipinski definition) is 3. The van der Waals surface area contributed by atoms with Crippen molar-refractivity contribution in [1.82, 2.24) is 15.1 Å². The lowest BCUT2D eigenvalue weighted by molar-refractivity contribution is 0.238. The molecule has 1 aliphatic rings. The zero-order chi connectivity index (χ0) is 14.7. The average Bonchev–Trinajstić information content (AvgIpc) is 2.85. The highest BCUT2D eigenvalue weighted by atomic mass is 16.5. The summed E-state index contributed by atoms with van der Waals surface area (Å²) in [5.41, 5.74) is 3.69. The van der Waals surface area contributed by atoms with Crippen LogP contribution in [0, 0.1) is 6.92 Å². The fraction of sp³-hybridized carbons (Fsp3) is 0.471. The molecule has 2 heterocycles. The molecule has 0 saturated carbocycles. The van der Waals surface area contributed by atoms with Crippen LogP contribution in [0.3, 0.4) is 0 Å². The first-order chi connectivity index (χ1) is 10.3. The monoisotopic (exact) mass is 285 g/mol. The van der Waals surface area contributed by atoms with Crippen LogP contribution >= 0.6 is 0 Å². The largest absolute Gasteiger partial charge is 0.492 e. The third-order valence-electron chi connectivity index (χ3n) is 3.96. The molecule has 1 aliphatic heterocycles. The van der Waals surface area contributed by atoms with Gasteiger partial charge in [0, 0.05) is 30.9 Å². The van der Waals surface area contributed by atoms with Crippen molar-refractivity contribution in [2.24, 2.45) is 0 Å². The predicted molar refractivity (Wildman–Crippen MR) is 83.5 cm³/mol. The lowest BCUT2D eigenvalue weighted by atomic mass is 10.0. The maximum absolute atomic E-state index is 5.82. The second-order valence-electron chi connectivity index (χ2n) is 5.70. The molecule has 1 atom stereocenters. The zero-order valence-electron chi connectivity index (χ0n) is 12.8. The Kier molecular flexibility index (Phi) is 4.25. The Balaban J connectivity index is 1.59. The van der Waals surface area contributed by atoms with E-state index in [-0.39, 0.29) is 0 Å². The topological polar surface area (TPSA) is 39.1 Å². The molecule has 0 aliphatic carbocycles. The van der Waals surface area contributed by atoms with Crippen LogP contribution in [0.25, 0.3) is 0 Å². The van der Waals surface area contributed by atoms with Crippen molar-refractivity contribution in [1.29, 1.82) is 0 Å². The minimum absolute atomic E-state index is 0.369. The van der Waals surface area contributed by atoms with Crippen LogP contribution in [0.4, 0.5) is 0 Å². The van der Waals surface area contributed by atoms with Crippen molar-refractivity contribution in [3.05, 3.63) is 47.3 Å². The fourth-order valence-electron chi connectivity index (χ4n) is 2.79. The summed E-state index contributed by atoms with van der Waals surface area (Å²) in [5.74, 6) is 1.03. The molecule has 1 aromatic heterocycles. The van der Waals surface area contributed by atoms with Crippen molar-refractivity contribution < 1.29 is 4.74 Å². The molecule has 112 valence electrons. The van der Waals surface area contributed by atoms with Gasteiger partial charge in [0.15, 0.2) is 0 Å². The fourth-order valence-corrected chi connectivity index (χ4v) is 2.79.